The van der Waals surface area contributed by atoms with E-state index in [1.807, 2.05) is 14.0 Å². The predicted octanol–water partition coefficient (Wildman–Crippen LogP) is 1.04. The second-order valence-corrected chi connectivity index (χ2v) is 4.81. The fourth-order valence-electron chi connectivity index (χ4n) is 2.47. The Bertz CT molecular complexity index is 445. The number of hydrogen-bond donors (Lipinski definition) is 2. The summed E-state index contributed by atoms with van der Waals surface area (Å²) in [7, 11) is 1.94. The van der Waals surface area contributed by atoms with Gasteiger partial charge in [0.1, 0.15) is 6.04 Å². The number of carbonyl (C=O) groups excluding carboxylic acids is 1. The standard InChI is InChI=1S/C14H21N3O/c1-10-8-12(9-15-3)4-5-13(10)17-7-6-16-14(18)11(17)2/h4-5,8,11,15H,6-7,9H2,1-3H3,(H,16,18). The summed E-state index contributed by atoms with van der Waals surface area (Å²) in [6, 6.07) is 6.34. The van der Waals surface area contributed by atoms with Crippen LogP contribution in [0.15, 0.2) is 18.2 Å². The third kappa shape index (κ3) is 2.48. The molecule has 1 atom stereocenters. The van der Waals surface area contributed by atoms with E-state index in [2.05, 4.69) is 40.7 Å². The molecule has 4 heteroatoms. The topological polar surface area (TPSA) is 44.4 Å². The summed E-state index contributed by atoms with van der Waals surface area (Å²) in [5.74, 6) is 0.111. The summed E-state index contributed by atoms with van der Waals surface area (Å²) in [6.07, 6.45) is 0. The van der Waals surface area contributed by atoms with Gasteiger partial charge in [-0.3, -0.25) is 4.79 Å². The molecule has 98 valence electrons. The first kappa shape index (κ1) is 12.9. The summed E-state index contributed by atoms with van der Waals surface area (Å²) in [5, 5.41) is 6.04. The molecular weight excluding hydrogens is 226 g/mol. The number of nitrogens with one attached hydrogen (secondary N) is 2. The summed E-state index contributed by atoms with van der Waals surface area (Å²) in [6.45, 7) is 6.53. The Labute approximate surface area is 108 Å². The van der Waals surface area contributed by atoms with Crippen molar-refractivity contribution in [3.05, 3.63) is 29.3 Å². The highest BCUT2D eigenvalue weighted by atomic mass is 16.2. The molecule has 1 aromatic rings. The SMILES string of the molecule is CNCc1ccc(N2CCNC(=O)C2C)c(C)c1. The van der Waals surface area contributed by atoms with Gasteiger partial charge < -0.3 is 15.5 Å². The van der Waals surface area contributed by atoms with Crippen molar-refractivity contribution in [2.75, 3.05) is 25.0 Å². The predicted molar refractivity (Wildman–Crippen MR) is 73.8 cm³/mol. The zero-order valence-corrected chi connectivity index (χ0v) is 11.3. The molecule has 2 N–H and O–H groups in total. The average molecular weight is 247 g/mol. The van der Waals surface area contributed by atoms with Crippen LogP contribution in [0.4, 0.5) is 5.69 Å². The van der Waals surface area contributed by atoms with Crippen LogP contribution in [0.3, 0.4) is 0 Å². The second-order valence-electron chi connectivity index (χ2n) is 4.81. The van der Waals surface area contributed by atoms with E-state index in [-0.39, 0.29) is 11.9 Å². The Kier molecular flexibility index (Phi) is 3.87. The lowest BCUT2D eigenvalue weighted by molar-refractivity contribution is -0.122. The van der Waals surface area contributed by atoms with Gasteiger partial charge in [0, 0.05) is 25.3 Å². The molecule has 0 bridgehead atoms. The van der Waals surface area contributed by atoms with E-state index in [1.165, 1.54) is 11.1 Å². The van der Waals surface area contributed by atoms with Crippen molar-refractivity contribution in [1.82, 2.24) is 10.6 Å². The van der Waals surface area contributed by atoms with Gasteiger partial charge in [0.2, 0.25) is 5.91 Å². The van der Waals surface area contributed by atoms with Crippen LogP contribution in [-0.2, 0) is 11.3 Å². The minimum Gasteiger partial charge on any atom is -0.358 e. The largest absolute Gasteiger partial charge is 0.358 e. The minimum absolute atomic E-state index is 0.0902. The molecule has 1 aliphatic rings. The zero-order valence-electron chi connectivity index (χ0n) is 11.3. The molecule has 0 spiro atoms. The van der Waals surface area contributed by atoms with Crippen molar-refractivity contribution in [3.8, 4) is 0 Å². The lowest BCUT2D eigenvalue weighted by Gasteiger charge is -2.35. The second kappa shape index (κ2) is 5.40. The lowest BCUT2D eigenvalue weighted by Crippen LogP contribution is -2.54. The number of anilines is 1. The molecule has 0 aliphatic carbocycles. The highest BCUT2D eigenvalue weighted by molar-refractivity contribution is 5.86. The Balaban J connectivity index is 2.24. The number of carbonyl (C=O) groups is 1. The Morgan fingerprint density at radius 1 is 1.50 bits per heavy atom. The zero-order chi connectivity index (χ0) is 13.1. The van der Waals surface area contributed by atoms with E-state index in [1.54, 1.807) is 0 Å². The van der Waals surface area contributed by atoms with Crippen LogP contribution in [0.5, 0.6) is 0 Å². The number of nitrogens with zero attached hydrogens (tertiary/aromatic N) is 1. The van der Waals surface area contributed by atoms with Gasteiger partial charge in [-0.1, -0.05) is 12.1 Å². The monoisotopic (exact) mass is 247 g/mol. The quantitative estimate of drug-likeness (QED) is 0.839. The van der Waals surface area contributed by atoms with Gasteiger partial charge in [-0.2, -0.15) is 0 Å². The lowest BCUT2D eigenvalue weighted by atomic mass is 10.1. The van der Waals surface area contributed by atoms with Crippen molar-refractivity contribution >= 4 is 11.6 Å². The van der Waals surface area contributed by atoms with Gasteiger partial charge in [-0.05, 0) is 38.1 Å². The first-order chi connectivity index (χ1) is 8.63. The number of piperazine rings is 1. The Hall–Kier alpha value is -1.55. The van der Waals surface area contributed by atoms with E-state index >= 15 is 0 Å². The van der Waals surface area contributed by atoms with Crippen LogP contribution in [0.1, 0.15) is 18.1 Å². The van der Waals surface area contributed by atoms with Crippen molar-refractivity contribution in [1.29, 1.82) is 0 Å². The molecule has 4 nitrogen and oxygen atoms in total. The number of rotatable bonds is 3. The summed E-state index contributed by atoms with van der Waals surface area (Å²) >= 11 is 0. The van der Waals surface area contributed by atoms with Crippen LogP contribution < -0.4 is 15.5 Å². The molecule has 1 aromatic carbocycles. The van der Waals surface area contributed by atoms with Gasteiger partial charge in [-0.25, -0.2) is 0 Å². The third-order valence-corrected chi connectivity index (χ3v) is 3.45. The van der Waals surface area contributed by atoms with E-state index in [9.17, 15) is 4.79 Å². The molecule has 1 heterocycles. The maximum atomic E-state index is 11.7. The van der Waals surface area contributed by atoms with Gasteiger partial charge in [-0.15, -0.1) is 0 Å². The molecule has 1 fully saturated rings. The normalized spacial score (nSPS) is 19.8. The van der Waals surface area contributed by atoms with E-state index < -0.39 is 0 Å². The number of hydrogen-bond acceptors (Lipinski definition) is 3. The highest BCUT2D eigenvalue weighted by Crippen LogP contribution is 2.24. The first-order valence-electron chi connectivity index (χ1n) is 6.42. The maximum Gasteiger partial charge on any atom is 0.242 e. The molecule has 0 aromatic heterocycles. The molecule has 1 aliphatic heterocycles. The molecule has 1 unspecified atom stereocenters. The van der Waals surface area contributed by atoms with Crippen molar-refractivity contribution in [3.63, 3.8) is 0 Å². The third-order valence-electron chi connectivity index (χ3n) is 3.45. The molecule has 1 saturated heterocycles. The number of amides is 1. The van der Waals surface area contributed by atoms with E-state index in [0.29, 0.717) is 0 Å². The molecule has 0 saturated carbocycles. The smallest absolute Gasteiger partial charge is 0.242 e. The molecule has 1 amide bonds. The van der Waals surface area contributed by atoms with Crippen LogP contribution in [0.25, 0.3) is 0 Å². The molecule has 18 heavy (non-hydrogen) atoms. The summed E-state index contributed by atoms with van der Waals surface area (Å²) < 4.78 is 0. The van der Waals surface area contributed by atoms with Crippen LogP contribution in [0.2, 0.25) is 0 Å². The van der Waals surface area contributed by atoms with Crippen LogP contribution in [0, 0.1) is 6.92 Å². The van der Waals surface area contributed by atoms with Gasteiger partial charge >= 0.3 is 0 Å². The van der Waals surface area contributed by atoms with Crippen LogP contribution in [-0.4, -0.2) is 32.1 Å². The fourth-order valence-corrected chi connectivity index (χ4v) is 2.47. The molecular formula is C14H21N3O. The van der Waals surface area contributed by atoms with Crippen molar-refractivity contribution < 1.29 is 4.79 Å². The van der Waals surface area contributed by atoms with Crippen LogP contribution >= 0.6 is 0 Å². The van der Waals surface area contributed by atoms with Gasteiger partial charge in [0.25, 0.3) is 0 Å². The van der Waals surface area contributed by atoms with E-state index in [4.69, 9.17) is 0 Å². The first-order valence-corrected chi connectivity index (χ1v) is 6.42. The Morgan fingerprint density at radius 2 is 2.28 bits per heavy atom. The number of benzene rings is 1. The summed E-state index contributed by atoms with van der Waals surface area (Å²) in [4.78, 5) is 13.9. The number of aryl methyl sites for hydroxylation is 1. The molecule has 2 rings (SSSR count). The van der Waals surface area contributed by atoms with Crippen molar-refractivity contribution in [2.45, 2.75) is 26.4 Å². The Morgan fingerprint density at radius 3 is 2.94 bits per heavy atom. The van der Waals surface area contributed by atoms with Gasteiger partial charge in [0.15, 0.2) is 0 Å². The minimum atomic E-state index is -0.0902. The average Bonchev–Trinajstić information content (AvgIpc) is 2.34. The highest BCUT2D eigenvalue weighted by Gasteiger charge is 2.26. The molecule has 0 radical (unpaired) electrons. The van der Waals surface area contributed by atoms with Gasteiger partial charge in [0.05, 0.1) is 0 Å². The fraction of sp³-hybridized carbons (Fsp3) is 0.500. The van der Waals surface area contributed by atoms with E-state index in [0.717, 1.165) is 25.3 Å². The maximum absolute atomic E-state index is 11.7. The van der Waals surface area contributed by atoms with Crippen molar-refractivity contribution in [2.24, 2.45) is 0 Å². The summed E-state index contributed by atoms with van der Waals surface area (Å²) in [5.41, 5.74) is 3.66.